The van der Waals surface area contributed by atoms with Crippen LogP contribution in [-0.2, 0) is 6.54 Å². The molecular formula is C29H27ClF3N7O. The summed E-state index contributed by atoms with van der Waals surface area (Å²) in [5, 5.41) is 4.83. The summed E-state index contributed by atoms with van der Waals surface area (Å²) in [7, 11) is 0. The zero-order chi connectivity index (χ0) is 28.6. The molecule has 1 amide bonds. The molecule has 5 heterocycles. The first-order valence-electron chi connectivity index (χ1n) is 13.4. The molecule has 6 rings (SSSR count). The van der Waals surface area contributed by atoms with E-state index >= 15 is 8.78 Å². The lowest BCUT2D eigenvalue weighted by Gasteiger charge is -2.32. The van der Waals surface area contributed by atoms with Gasteiger partial charge in [-0.25, -0.2) is 32.8 Å². The van der Waals surface area contributed by atoms with Crippen LogP contribution in [0.15, 0.2) is 67.3 Å². The molecule has 12 heteroatoms. The van der Waals surface area contributed by atoms with E-state index in [1.165, 1.54) is 15.8 Å². The van der Waals surface area contributed by atoms with E-state index in [2.05, 4.69) is 25.0 Å². The maximum absolute atomic E-state index is 15.1. The molecule has 0 bridgehead atoms. The lowest BCUT2D eigenvalue weighted by Crippen LogP contribution is -2.35. The number of aromatic nitrogens is 5. The van der Waals surface area contributed by atoms with Gasteiger partial charge in [0.1, 0.15) is 5.15 Å². The van der Waals surface area contributed by atoms with Crippen LogP contribution in [0.25, 0.3) is 5.95 Å². The molecule has 1 aromatic carbocycles. The van der Waals surface area contributed by atoms with Crippen molar-refractivity contribution in [1.82, 2.24) is 34.5 Å². The van der Waals surface area contributed by atoms with Crippen molar-refractivity contribution in [3.05, 3.63) is 101 Å². The molecule has 0 N–H and O–H groups in total. The quantitative estimate of drug-likeness (QED) is 0.295. The van der Waals surface area contributed by atoms with Gasteiger partial charge in [0.2, 0.25) is 0 Å². The Balaban J connectivity index is 1.26. The first-order valence-corrected chi connectivity index (χ1v) is 13.8. The van der Waals surface area contributed by atoms with Crippen molar-refractivity contribution in [2.45, 2.75) is 37.1 Å². The van der Waals surface area contributed by atoms with Gasteiger partial charge in [0.05, 0.1) is 42.3 Å². The SMILES string of the molecule is O=C(c1cnn(-c2ncc(F)cn2)c1C1CCN(Cc2ccc(Cl)nc2)CC1)N1CC(c2ccccc2)C(F)(F)C1. The zero-order valence-corrected chi connectivity index (χ0v) is 22.8. The second-order valence-corrected chi connectivity index (χ2v) is 10.9. The van der Waals surface area contributed by atoms with Gasteiger partial charge in [-0.05, 0) is 43.1 Å². The molecule has 8 nitrogen and oxygen atoms in total. The first kappa shape index (κ1) is 27.3. The highest BCUT2D eigenvalue weighted by molar-refractivity contribution is 6.29. The van der Waals surface area contributed by atoms with Gasteiger partial charge >= 0.3 is 0 Å². The Morgan fingerprint density at radius 3 is 2.39 bits per heavy atom. The molecule has 2 aliphatic heterocycles. The van der Waals surface area contributed by atoms with Crippen molar-refractivity contribution in [2.75, 3.05) is 26.2 Å². The van der Waals surface area contributed by atoms with E-state index in [4.69, 9.17) is 11.6 Å². The molecule has 0 saturated carbocycles. The predicted molar refractivity (Wildman–Crippen MR) is 146 cm³/mol. The summed E-state index contributed by atoms with van der Waals surface area (Å²) >= 11 is 5.91. The Bertz CT molecular complexity index is 1510. The van der Waals surface area contributed by atoms with Crippen LogP contribution in [0.3, 0.4) is 0 Å². The van der Waals surface area contributed by atoms with E-state index in [-0.39, 0.29) is 24.0 Å². The number of halogens is 4. The molecule has 0 radical (unpaired) electrons. The van der Waals surface area contributed by atoms with Crippen LogP contribution < -0.4 is 0 Å². The predicted octanol–water partition coefficient (Wildman–Crippen LogP) is 5.10. The number of hydrogen-bond donors (Lipinski definition) is 0. The lowest BCUT2D eigenvalue weighted by atomic mass is 9.90. The monoisotopic (exact) mass is 581 g/mol. The van der Waals surface area contributed by atoms with Gasteiger partial charge in [-0.1, -0.05) is 48.0 Å². The van der Waals surface area contributed by atoms with Crippen molar-refractivity contribution in [2.24, 2.45) is 0 Å². The number of nitrogens with zero attached hydrogens (tertiary/aromatic N) is 7. The number of hydrogen-bond acceptors (Lipinski definition) is 6. The van der Waals surface area contributed by atoms with Crippen molar-refractivity contribution in [3.8, 4) is 5.95 Å². The normalized spacial score (nSPS) is 19.5. The Kier molecular flexibility index (Phi) is 7.48. The smallest absolute Gasteiger partial charge is 0.273 e. The highest BCUT2D eigenvalue weighted by Crippen LogP contribution is 2.41. The number of carbonyl (C=O) groups is 1. The number of likely N-dealkylation sites (tertiary alicyclic amines) is 2. The van der Waals surface area contributed by atoms with Gasteiger partial charge in [-0.2, -0.15) is 5.10 Å². The fraction of sp³-hybridized carbons (Fsp3) is 0.345. The average molecular weight is 582 g/mol. The topological polar surface area (TPSA) is 80.0 Å². The van der Waals surface area contributed by atoms with Gasteiger partial charge < -0.3 is 4.90 Å². The summed E-state index contributed by atoms with van der Waals surface area (Å²) in [6.45, 7) is 1.37. The van der Waals surface area contributed by atoms with E-state index in [1.807, 2.05) is 6.07 Å². The Hall–Kier alpha value is -3.83. The van der Waals surface area contributed by atoms with E-state index < -0.39 is 30.1 Å². The average Bonchev–Trinajstić information content (AvgIpc) is 3.56. The minimum atomic E-state index is -3.07. The number of benzene rings is 1. The van der Waals surface area contributed by atoms with Gasteiger partial charge in [-0.15, -0.1) is 0 Å². The number of carbonyl (C=O) groups excluding carboxylic acids is 1. The number of amides is 1. The molecular weight excluding hydrogens is 555 g/mol. The van der Waals surface area contributed by atoms with E-state index in [1.54, 1.807) is 42.6 Å². The molecule has 0 aliphatic carbocycles. The summed E-state index contributed by atoms with van der Waals surface area (Å²) in [6, 6.07) is 12.2. The first-order chi connectivity index (χ1) is 19.8. The molecule has 2 saturated heterocycles. The molecule has 2 aliphatic rings. The largest absolute Gasteiger partial charge is 0.332 e. The third kappa shape index (κ3) is 5.69. The van der Waals surface area contributed by atoms with Crippen molar-refractivity contribution >= 4 is 17.5 Å². The van der Waals surface area contributed by atoms with Crippen LogP contribution in [0.1, 0.15) is 51.9 Å². The molecule has 0 spiro atoms. The minimum absolute atomic E-state index is 0.110. The van der Waals surface area contributed by atoms with Gasteiger partial charge in [0, 0.05) is 25.2 Å². The van der Waals surface area contributed by atoms with Crippen molar-refractivity contribution in [1.29, 1.82) is 0 Å². The zero-order valence-electron chi connectivity index (χ0n) is 22.0. The molecule has 3 aromatic heterocycles. The Morgan fingerprint density at radius 1 is 0.976 bits per heavy atom. The van der Waals surface area contributed by atoms with E-state index in [0.717, 1.165) is 31.0 Å². The maximum Gasteiger partial charge on any atom is 0.273 e. The van der Waals surface area contributed by atoms with E-state index in [0.29, 0.717) is 35.8 Å². The molecule has 4 aromatic rings. The molecule has 41 heavy (non-hydrogen) atoms. The summed E-state index contributed by atoms with van der Waals surface area (Å²) in [5.41, 5.74) is 2.33. The van der Waals surface area contributed by atoms with Crippen molar-refractivity contribution < 1.29 is 18.0 Å². The van der Waals surface area contributed by atoms with Crippen LogP contribution >= 0.6 is 11.6 Å². The Morgan fingerprint density at radius 2 is 1.71 bits per heavy atom. The second kappa shape index (κ2) is 11.2. The van der Waals surface area contributed by atoms with Crippen LogP contribution in [0.4, 0.5) is 13.2 Å². The lowest BCUT2D eigenvalue weighted by molar-refractivity contribution is -0.00244. The van der Waals surface area contributed by atoms with Gasteiger partial charge in [0.25, 0.3) is 17.8 Å². The number of alkyl halides is 2. The van der Waals surface area contributed by atoms with Gasteiger partial charge in [-0.3, -0.25) is 9.69 Å². The molecule has 2 fully saturated rings. The summed E-state index contributed by atoms with van der Waals surface area (Å²) in [6.07, 6.45) is 6.59. The maximum atomic E-state index is 15.1. The Labute approximate surface area is 239 Å². The molecule has 1 atom stereocenters. The fourth-order valence-electron chi connectivity index (χ4n) is 5.76. The summed E-state index contributed by atoms with van der Waals surface area (Å²) < 4.78 is 45.3. The number of piperidine rings is 1. The third-order valence-electron chi connectivity index (χ3n) is 7.81. The van der Waals surface area contributed by atoms with Gasteiger partial charge in [0.15, 0.2) is 5.82 Å². The highest BCUT2D eigenvalue weighted by Gasteiger charge is 2.50. The third-order valence-corrected chi connectivity index (χ3v) is 8.03. The highest BCUT2D eigenvalue weighted by atomic mass is 35.5. The van der Waals surface area contributed by atoms with Crippen LogP contribution in [-0.4, -0.2) is 72.5 Å². The van der Waals surface area contributed by atoms with Crippen LogP contribution in [0.5, 0.6) is 0 Å². The van der Waals surface area contributed by atoms with E-state index in [9.17, 15) is 9.18 Å². The van der Waals surface area contributed by atoms with Crippen LogP contribution in [0.2, 0.25) is 5.15 Å². The van der Waals surface area contributed by atoms with Crippen LogP contribution in [0, 0.1) is 5.82 Å². The molecule has 212 valence electrons. The fourth-order valence-corrected chi connectivity index (χ4v) is 5.87. The number of pyridine rings is 1. The number of rotatable bonds is 6. The van der Waals surface area contributed by atoms with Crippen molar-refractivity contribution in [3.63, 3.8) is 0 Å². The summed E-state index contributed by atoms with van der Waals surface area (Å²) in [4.78, 5) is 29.6. The molecule has 1 unspecified atom stereocenters. The summed E-state index contributed by atoms with van der Waals surface area (Å²) in [5.74, 6) is -5.29. The second-order valence-electron chi connectivity index (χ2n) is 10.5. The minimum Gasteiger partial charge on any atom is -0.332 e. The standard InChI is InChI=1S/C29H27ClF3N7O/c30-25-7-6-19(12-34-25)16-38-10-8-21(9-11-38)26-23(15-37-40(26)28-35-13-22(31)14-36-28)27(41)39-17-24(29(32,33)18-39)20-4-2-1-3-5-20/h1-7,12-15,21,24H,8-11,16-18H2.